The molecule has 60 valence electrons. The largest absolute Gasteiger partial charge is 0.141 e. The van der Waals surface area contributed by atoms with E-state index < -0.39 is 0 Å². The lowest BCUT2D eigenvalue weighted by atomic mass is 10.2. The van der Waals surface area contributed by atoms with Crippen molar-refractivity contribution in [3.05, 3.63) is 25.0 Å². The van der Waals surface area contributed by atoms with Gasteiger partial charge in [0.15, 0.2) is 0 Å². The average molecular weight is 361 g/mol. The molecule has 1 aromatic rings. The molecule has 0 radical (unpaired) electrons. The van der Waals surface area contributed by atoms with Gasteiger partial charge in [0, 0.05) is 18.3 Å². The van der Waals surface area contributed by atoms with E-state index in [0.717, 1.165) is 18.3 Å². The van der Waals surface area contributed by atoms with E-state index in [1.165, 1.54) is 5.56 Å². The highest BCUT2D eigenvalue weighted by molar-refractivity contribution is 9.11. The predicted octanol–water partition coefficient (Wildman–Crippen LogP) is 4.57. The summed E-state index contributed by atoms with van der Waals surface area (Å²) in [5.74, 6) is 0. The third-order valence-electron chi connectivity index (χ3n) is 1.38. The van der Waals surface area contributed by atoms with Gasteiger partial charge in [0.05, 0.1) is 0 Å². The van der Waals surface area contributed by atoms with Gasteiger partial charge in [-0.25, -0.2) is 0 Å². The molecule has 0 saturated heterocycles. The Labute approximate surface area is 96.6 Å². The average Bonchev–Trinajstić information content (AvgIpc) is 1.97. The maximum Gasteiger partial charge on any atom is 0.0360 e. The number of benzene rings is 1. The molecule has 0 fully saturated rings. The maximum absolute atomic E-state index is 4.31. The van der Waals surface area contributed by atoms with Gasteiger partial charge in [-0.3, -0.25) is 0 Å². The van der Waals surface area contributed by atoms with Crippen LogP contribution in [0.4, 0.5) is 0 Å². The molecule has 0 aliphatic rings. The van der Waals surface area contributed by atoms with E-state index >= 15 is 0 Å². The first kappa shape index (κ1) is 10.1. The van der Waals surface area contributed by atoms with Crippen LogP contribution in [-0.2, 0) is 0 Å². The van der Waals surface area contributed by atoms with Crippen LogP contribution in [0.1, 0.15) is 5.56 Å². The van der Waals surface area contributed by atoms with Gasteiger partial charge < -0.3 is 0 Å². The molecule has 1 aromatic carbocycles. The molecule has 0 saturated carbocycles. The van der Waals surface area contributed by atoms with Crippen LogP contribution in [0, 0.1) is 6.92 Å². The molecule has 0 aliphatic carbocycles. The van der Waals surface area contributed by atoms with E-state index in [9.17, 15) is 0 Å². The van der Waals surface area contributed by atoms with Crippen LogP contribution in [0.25, 0.3) is 0 Å². The molecule has 0 amide bonds. The summed E-state index contributed by atoms with van der Waals surface area (Å²) >= 11 is 14.6. The van der Waals surface area contributed by atoms with Gasteiger partial charge in [-0.1, -0.05) is 15.9 Å². The summed E-state index contributed by atoms with van der Waals surface area (Å²) in [5.41, 5.74) is 1.16. The second-order valence-electron chi connectivity index (χ2n) is 2.13. The minimum absolute atomic E-state index is 0.936. The van der Waals surface area contributed by atoms with Crippen LogP contribution in [0.5, 0.6) is 0 Å². The highest BCUT2D eigenvalue weighted by atomic mass is 79.9. The highest BCUT2D eigenvalue weighted by Gasteiger charge is 2.07. The van der Waals surface area contributed by atoms with Crippen molar-refractivity contribution in [2.24, 2.45) is 0 Å². The maximum atomic E-state index is 4.31. The lowest BCUT2D eigenvalue weighted by molar-refractivity contribution is 1.26. The van der Waals surface area contributed by atoms with Crippen molar-refractivity contribution < 1.29 is 0 Å². The highest BCUT2D eigenvalue weighted by Crippen LogP contribution is 2.35. The zero-order valence-corrected chi connectivity index (χ0v) is 11.3. The van der Waals surface area contributed by atoms with Gasteiger partial charge in [0.25, 0.3) is 0 Å². The summed E-state index contributed by atoms with van der Waals surface area (Å²) in [5, 5.41) is 0. The van der Waals surface area contributed by atoms with Crippen molar-refractivity contribution in [1.29, 1.82) is 0 Å². The van der Waals surface area contributed by atoms with Crippen molar-refractivity contribution in [3.8, 4) is 0 Å². The van der Waals surface area contributed by atoms with E-state index in [0.29, 0.717) is 0 Å². The van der Waals surface area contributed by atoms with Gasteiger partial charge in [0.1, 0.15) is 0 Å². The molecule has 0 unspecified atom stereocenters. The van der Waals surface area contributed by atoms with Crippen LogP contribution in [0.3, 0.4) is 0 Å². The zero-order chi connectivity index (χ0) is 8.59. The first-order chi connectivity index (χ1) is 5.04. The van der Waals surface area contributed by atoms with Crippen molar-refractivity contribution in [3.63, 3.8) is 0 Å². The minimum atomic E-state index is 0.936. The Morgan fingerprint density at radius 3 is 2.27 bits per heavy atom. The Hall–Kier alpha value is 1.01. The number of rotatable bonds is 0. The molecule has 0 atom stereocenters. The van der Waals surface area contributed by atoms with Crippen LogP contribution >= 0.6 is 60.4 Å². The molecular formula is C7H5Br3S. The summed E-state index contributed by atoms with van der Waals surface area (Å²) in [6, 6.07) is 1.99. The van der Waals surface area contributed by atoms with Gasteiger partial charge >= 0.3 is 0 Å². The van der Waals surface area contributed by atoms with Gasteiger partial charge in [-0.2, -0.15) is 0 Å². The van der Waals surface area contributed by atoms with Crippen LogP contribution in [0.2, 0.25) is 0 Å². The Kier molecular flexibility index (Phi) is 3.50. The number of hydrogen-bond acceptors (Lipinski definition) is 1. The molecule has 4 heteroatoms. The Morgan fingerprint density at radius 2 is 1.73 bits per heavy atom. The van der Waals surface area contributed by atoms with Crippen molar-refractivity contribution in [2.75, 3.05) is 0 Å². The normalized spacial score (nSPS) is 10.3. The van der Waals surface area contributed by atoms with E-state index in [2.05, 4.69) is 60.4 Å². The number of thiol groups is 1. The van der Waals surface area contributed by atoms with E-state index in [1.807, 2.05) is 13.0 Å². The topological polar surface area (TPSA) is 0 Å². The van der Waals surface area contributed by atoms with E-state index in [4.69, 9.17) is 0 Å². The molecule has 0 aromatic heterocycles. The van der Waals surface area contributed by atoms with Crippen LogP contribution < -0.4 is 0 Å². The Balaban J connectivity index is 3.46. The van der Waals surface area contributed by atoms with Gasteiger partial charge in [-0.05, 0) is 50.4 Å². The fraction of sp³-hybridized carbons (Fsp3) is 0.143. The molecular weight excluding hydrogens is 356 g/mol. The summed E-state index contributed by atoms with van der Waals surface area (Å²) in [6.45, 7) is 2.03. The lowest BCUT2D eigenvalue weighted by Crippen LogP contribution is -1.81. The van der Waals surface area contributed by atoms with Crippen LogP contribution in [-0.4, -0.2) is 0 Å². The molecule has 0 spiro atoms. The quantitative estimate of drug-likeness (QED) is 0.644. The van der Waals surface area contributed by atoms with Gasteiger partial charge in [0.2, 0.25) is 0 Å². The third kappa shape index (κ3) is 2.02. The third-order valence-corrected chi connectivity index (χ3v) is 4.89. The molecule has 0 bridgehead atoms. The molecule has 11 heavy (non-hydrogen) atoms. The van der Waals surface area contributed by atoms with Crippen molar-refractivity contribution in [1.82, 2.24) is 0 Å². The van der Waals surface area contributed by atoms with Crippen LogP contribution in [0.15, 0.2) is 24.4 Å². The Morgan fingerprint density at radius 1 is 1.18 bits per heavy atom. The monoisotopic (exact) mass is 358 g/mol. The number of halogens is 3. The number of hydrogen-bond donors (Lipinski definition) is 1. The SMILES string of the molecule is Cc1c(Br)cc(Br)c(S)c1Br. The molecule has 0 nitrogen and oxygen atoms in total. The fourth-order valence-electron chi connectivity index (χ4n) is 0.675. The lowest BCUT2D eigenvalue weighted by Gasteiger charge is -2.06. The van der Waals surface area contributed by atoms with Crippen molar-refractivity contribution in [2.45, 2.75) is 11.8 Å². The molecule has 0 aliphatic heterocycles. The van der Waals surface area contributed by atoms with E-state index in [1.54, 1.807) is 0 Å². The summed E-state index contributed by atoms with van der Waals surface area (Å²) in [4.78, 5) is 0.936. The summed E-state index contributed by atoms with van der Waals surface area (Å²) < 4.78 is 3.10. The molecule has 0 N–H and O–H groups in total. The first-order valence-electron chi connectivity index (χ1n) is 2.87. The minimum Gasteiger partial charge on any atom is -0.141 e. The van der Waals surface area contributed by atoms with Crippen molar-refractivity contribution >= 4 is 60.4 Å². The predicted molar refractivity (Wildman–Crippen MR) is 61.5 cm³/mol. The molecule has 0 heterocycles. The summed E-state index contributed by atoms with van der Waals surface area (Å²) in [6.07, 6.45) is 0. The summed E-state index contributed by atoms with van der Waals surface area (Å²) in [7, 11) is 0. The molecule has 1 rings (SSSR count). The second-order valence-corrected chi connectivity index (χ2v) is 5.08. The fourth-order valence-corrected chi connectivity index (χ4v) is 3.03. The second kappa shape index (κ2) is 3.81. The first-order valence-corrected chi connectivity index (χ1v) is 5.69. The van der Waals surface area contributed by atoms with E-state index in [-0.39, 0.29) is 0 Å². The zero-order valence-electron chi connectivity index (χ0n) is 5.66. The van der Waals surface area contributed by atoms with Gasteiger partial charge in [-0.15, -0.1) is 12.6 Å². The smallest absolute Gasteiger partial charge is 0.0360 e. The Bertz CT molecular complexity index is 270. The standard InChI is InChI=1S/C7H5Br3S/c1-3-4(8)2-5(9)7(11)6(3)10/h2,11H,1H3.